The van der Waals surface area contributed by atoms with E-state index in [2.05, 4.69) is 37.1 Å². The zero-order valence-corrected chi connectivity index (χ0v) is 10.6. The van der Waals surface area contributed by atoms with Crippen LogP contribution in [0.4, 0.5) is 5.82 Å². The third-order valence-corrected chi connectivity index (χ3v) is 3.14. The summed E-state index contributed by atoms with van der Waals surface area (Å²) in [5.41, 5.74) is 8.08. The van der Waals surface area contributed by atoms with Gasteiger partial charge in [-0.25, -0.2) is 4.98 Å². The maximum Gasteiger partial charge on any atom is 0.242 e. The van der Waals surface area contributed by atoms with Crippen LogP contribution in [0, 0.1) is 0 Å². The van der Waals surface area contributed by atoms with Gasteiger partial charge in [-0.3, -0.25) is 4.79 Å². The SMILES string of the molecule is CC(C)(C)c1cnc2c(c1)CC[C@H](N)C(=O)N2. The molecule has 0 saturated carbocycles. The molecule has 2 rings (SSSR count). The Hall–Kier alpha value is -1.42. The van der Waals surface area contributed by atoms with Gasteiger partial charge in [0.05, 0.1) is 6.04 Å². The van der Waals surface area contributed by atoms with E-state index in [0.29, 0.717) is 12.2 Å². The molecule has 0 aromatic carbocycles. The number of rotatable bonds is 0. The van der Waals surface area contributed by atoms with E-state index in [1.54, 1.807) is 0 Å². The summed E-state index contributed by atoms with van der Waals surface area (Å²) < 4.78 is 0. The molecule has 0 radical (unpaired) electrons. The third kappa shape index (κ3) is 2.47. The Balaban J connectivity index is 2.38. The van der Waals surface area contributed by atoms with Gasteiger partial charge in [-0.1, -0.05) is 26.8 Å². The molecule has 1 aliphatic rings. The average Bonchev–Trinajstić information content (AvgIpc) is 2.38. The number of nitrogens with two attached hydrogens (primary N) is 1. The van der Waals surface area contributed by atoms with Crippen LogP contribution in [-0.4, -0.2) is 16.9 Å². The van der Waals surface area contributed by atoms with E-state index in [-0.39, 0.29) is 11.3 Å². The van der Waals surface area contributed by atoms with Gasteiger partial charge in [0.1, 0.15) is 5.82 Å². The first-order chi connectivity index (χ1) is 7.88. The molecule has 1 aromatic heterocycles. The van der Waals surface area contributed by atoms with Crippen LogP contribution in [0.25, 0.3) is 0 Å². The molecule has 17 heavy (non-hydrogen) atoms. The minimum absolute atomic E-state index is 0.0699. The van der Waals surface area contributed by atoms with Crippen LogP contribution in [0.15, 0.2) is 12.3 Å². The van der Waals surface area contributed by atoms with Gasteiger partial charge in [0.25, 0.3) is 0 Å². The van der Waals surface area contributed by atoms with Crippen molar-refractivity contribution in [2.24, 2.45) is 5.73 Å². The van der Waals surface area contributed by atoms with Crippen molar-refractivity contribution in [1.82, 2.24) is 4.98 Å². The van der Waals surface area contributed by atoms with Gasteiger partial charge in [-0.05, 0) is 29.4 Å². The fourth-order valence-corrected chi connectivity index (χ4v) is 1.88. The lowest BCUT2D eigenvalue weighted by molar-refractivity contribution is -0.117. The van der Waals surface area contributed by atoms with Gasteiger partial charge < -0.3 is 11.1 Å². The second kappa shape index (κ2) is 4.11. The number of aromatic nitrogens is 1. The molecule has 4 heteroatoms. The van der Waals surface area contributed by atoms with Crippen LogP contribution in [0.5, 0.6) is 0 Å². The number of hydrogen-bond donors (Lipinski definition) is 2. The molecule has 0 fully saturated rings. The first kappa shape index (κ1) is 12.0. The van der Waals surface area contributed by atoms with Gasteiger partial charge in [0.2, 0.25) is 5.91 Å². The number of nitrogens with zero attached hydrogens (tertiary/aromatic N) is 1. The Labute approximate surface area is 102 Å². The Kier molecular flexibility index (Phi) is 2.91. The molecule has 1 aliphatic heterocycles. The molecule has 0 saturated heterocycles. The number of carbonyl (C=O) groups excluding carboxylic acids is 1. The highest BCUT2D eigenvalue weighted by molar-refractivity contribution is 5.95. The van der Waals surface area contributed by atoms with Crippen LogP contribution in [0.1, 0.15) is 38.3 Å². The molecule has 1 atom stereocenters. The predicted molar refractivity (Wildman–Crippen MR) is 67.9 cm³/mol. The normalized spacial score (nSPS) is 20.5. The van der Waals surface area contributed by atoms with Crippen LogP contribution in [-0.2, 0) is 16.6 Å². The van der Waals surface area contributed by atoms with E-state index in [1.165, 1.54) is 5.56 Å². The second-order valence-electron chi connectivity index (χ2n) is 5.62. The summed E-state index contributed by atoms with van der Waals surface area (Å²) in [6.07, 6.45) is 3.30. The van der Waals surface area contributed by atoms with E-state index in [1.807, 2.05) is 6.20 Å². The van der Waals surface area contributed by atoms with Crippen LogP contribution >= 0.6 is 0 Å². The van der Waals surface area contributed by atoms with Gasteiger partial charge in [-0.2, -0.15) is 0 Å². The number of hydrogen-bond acceptors (Lipinski definition) is 3. The van der Waals surface area contributed by atoms with Crippen molar-refractivity contribution in [1.29, 1.82) is 0 Å². The zero-order chi connectivity index (χ0) is 12.6. The highest BCUT2D eigenvalue weighted by atomic mass is 16.2. The van der Waals surface area contributed by atoms with Gasteiger partial charge in [0.15, 0.2) is 0 Å². The molecule has 92 valence electrons. The lowest BCUT2D eigenvalue weighted by Crippen LogP contribution is -2.34. The van der Waals surface area contributed by atoms with E-state index in [9.17, 15) is 4.79 Å². The molecule has 1 amide bonds. The van der Waals surface area contributed by atoms with Gasteiger partial charge in [-0.15, -0.1) is 0 Å². The average molecular weight is 233 g/mol. The predicted octanol–water partition coefficient (Wildman–Crippen LogP) is 1.59. The maximum atomic E-state index is 11.6. The molecule has 0 bridgehead atoms. The second-order valence-corrected chi connectivity index (χ2v) is 5.62. The monoisotopic (exact) mass is 233 g/mol. The summed E-state index contributed by atoms with van der Waals surface area (Å²) in [7, 11) is 0. The topological polar surface area (TPSA) is 68.0 Å². The molecule has 0 spiro atoms. The lowest BCUT2D eigenvalue weighted by atomic mass is 9.87. The van der Waals surface area contributed by atoms with Crippen LogP contribution in [0.2, 0.25) is 0 Å². The Morgan fingerprint density at radius 3 is 2.82 bits per heavy atom. The van der Waals surface area contributed by atoms with E-state index >= 15 is 0 Å². The first-order valence-corrected chi connectivity index (χ1v) is 5.94. The summed E-state index contributed by atoms with van der Waals surface area (Å²) in [5.74, 6) is 0.524. The summed E-state index contributed by atoms with van der Waals surface area (Å²) >= 11 is 0. The number of aryl methyl sites for hydroxylation is 1. The van der Waals surface area contributed by atoms with Crippen molar-refractivity contribution in [3.8, 4) is 0 Å². The molecular weight excluding hydrogens is 214 g/mol. The quantitative estimate of drug-likeness (QED) is 0.715. The summed E-state index contributed by atoms with van der Waals surface area (Å²) in [6, 6.07) is 1.70. The van der Waals surface area contributed by atoms with Crippen molar-refractivity contribution in [3.63, 3.8) is 0 Å². The Bertz CT molecular complexity index is 448. The molecule has 1 aromatic rings. The van der Waals surface area contributed by atoms with Crippen molar-refractivity contribution in [2.45, 2.75) is 45.1 Å². The molecule has 3 N–H and O–H groups in total. The number of anilines is 1. The van der Waals surface area contributed by atoms with E-state index in [0.717, 1.165) is 12.0 Å². The molecule has 0 unspecified atom stereocenters. The highest BCUT2D eigenvalue weighted by Crippen LogP contribution is 2.27. The van der Waals surface area contributed by atoms with Crippen LogP contribution < -0.4 is 11.1 Å². The fraction of sp³-hybridized carbons (Fsp3) is 0.538. The first-order valence-electron chi connectivity index (χ1n) is 5.94. The number of fused-ring (bicyclic) bond motifs is 1. The summed E-state index contributed by atoms with van der Waals surface area (Å²) in [6.45, 7) is 6.45. The fourth-order valence-electron chi connectivity index (χ4n) is 1.88. The smallest absolute Gasteiger partial charge is 0.242 e. The van der Waals surface area contributed by atoms with Gasteiger partial charge in [0, 0.05) is 6.20 Å². The number of nitrogens with one attached hydrogen (secondary N) is 1. The van der Waals surface area contributed by atoms with Crippen molar-refractivity contribution in [3.05, 3.63) is 23.4 Å². The zero-order valence-electron chi connectivity index (χ0n) is 10.6. The molecule has 2 heterocycles. The number of pyridine rings is 1. The lowest BCUT2D eigenvalue weighted by Gasteiger charge is -2.20. The largest absolute Gasteiger partial charge is 0.320 e. The number of carbonyl (C=O) groups is 1. The van der Waals surface area contributed by atoms with Crippen molar-refractivity contribution >= 4 is 11.7 Å². The molecular formula is C13H19N3O. The minimum Gasteiger partial charge on any atom is -0.320 e. The minimum atomic E-state index is -0.428. The van der Waals surface area contributed by atoms with Crippen molar-refractivity contribution < 1.29 is 4.79 Å². The maximum absolute atomic E-state index is 11.6. The van der Waals surface area contributed by atoms with E-state index < -0.39 is 6.04 Å². The third-order valence-electron chi connectivity index (χ3n) is 3.14. The molecule has 4 nitrogen and oxygen atoms in total. The summed E-state index contributed by atoms with van der Waals surface area (Å²) in [5, 5.41) is 2.78. The highest BCUT2D eigenvalue weighted by Gasteiger charge is 2.23. The Morgan fingerprint density at radius 1 is 1.47 bits per heavy atom. The summed E-state index contributed by atoms with van der Waals surface area (Å²) in [4.78, 5) is 15.9. The van der Waals surface area contributed by atoms with E-state index in [4.69, 9.17) is 5.73 Å². The number of amides is 1. The van der Waals surface area contributed by atoms with Crippen LogP contribution in [0.3, 0.4) is 0 Å². The standard InChI is InChI=1S/C13H19N3O/c1-13(2,3)9-6-8-4-5-10(14)12(17)16-11(8)15-7-9/h6-7,10H,4-5,14H2,1-3H3,(H,15,16,17)/t10-/m0/s1. The molecule has 0 aliphatic carbocycles. The van der Waals surface area contributed by atoms with Gasteiger partial charge >= 0.3 is 0 Å². The Morgan fingerprint density at radius 2 is 2.18 bits per heavy atom. The van der Waals surface area contributed by atoms with Crippen molar-refractivity contribution in [2.75, 3.05) is 5.32 Å².